The second-order valence-electron chi connectivity index (χ2n) is 3.49. The summed E-state index contributed by atoms with van der Waals surface area (Å²) in [6.07, 6.45) is -1.48. The number of hydrogen-bond donors (Lipinski definition) is 1. The molecule has 3 nitrogen and oxygen atoms in total. The van der Waals surface area contributed by atoms with Crippen molar-refractivity contribution in [2.75, 3.05) is 6.54 Å². The lowest BCUT2D eigenvalue weighted by molar-refractivity contribution is -0.133. The van der Waals surface area contributed by atoms with Crippen LogP contribution in [0.1, 0.15) is 24.9 Å². The Labute approximate surface area is 86.3 Å². The summed E-state index contributed by atoms with van der Waals surface area (Å²) in [7, 11) is 1.77. The van der Waals surface area contributed by atoms with E-state index >= 15 is 0 Å². The molecule has 1 unspecified atom stereocenters. The third-order valence-corrected chi connectivity index (χ3v) is 2.08. The molecular formula is C9H14F3N3. The van der Waals surface area contributed by atoms with E-state index in [2.05, 4.69) is 10.4 Å². The normalized spacial score (nSPS) is 14.2. The monoisotopic (exact) mass is 221 g/mol. The first-order valence-electron chi connectivity index (χ1n) is 4.67. The van der Waals surface area contributed by atoms with E-state index in [-0.39, 0.29) is 12.6 Å². The Hall–Kier alpha value is -1.04. The van der Waals surface area contributed by atoms with Crippen LogP contribution in [0.15, 0.2) is 12.4 Å². The minimum absolute atomic E-state index is 0.0699. The van der Waals surface area contributed by atoms with Crippen LogP contribution in [-0.2, 0) is 7.05 Å². The first-order chi connectivity index (χ1) is 6.88. The van der Waals surface area contributed by atoms with Gasteiger partial charge in [-0.25, -0.2) is 0 Å². The highest BCUT2D eigenvalue weighted by molar-refractivity contribution is 5.08. The lowest BCUT2D eigenvalue weighted by Gasteiger charge is -2.12. The number of aryl methyl sites for hydroxylation is 1. The molecule has 0 fully saturated rings. The molecule has 0 amide bonds. The molecule has 15 heavy (non-hydrogen) atoms. The van der Waals surface area contributed by atoms with E-state index in [1.54, 1.807) is 24.1 Å². The zero-order valence-electron chi connectivity index (χ0n) is 8.67. The standard InChI is InChI=1S/C9H14F3N3/c1-7(8-5-14-15(2)6-8)13-4-3-9(10,11)12/h5-7,13H,3-4H2,1-2H3. The van der Waals surface area contributed by atoms with Crippen molar-refractivity contribution in [2.45, 2.75) is 25.6 Å². The molecule has 0 aliphatic rings. The van der Waals surface area contributed by atoms with E-state index in [1.165, 1.54) is 0 Å². The highest BCUT2D eigenvalue weighted by Gasteiger charge is 2.26. The van der Waals surface area contributed by atoms with Crippen molar-refractivity contribution < 1.29 is 13.2 Å². The van der Waals surface area contributed by atoms with Gasteiger partial charge in [-0.15, -0.1) is 0 Å². The number of halogens is 3. The fourth-order valence-electron chi connectivity index (χ4n) is 1.21. The maximum atomic E-state index is 11.9. The van der Waals surface area contributed by atoms with Gasteiger partial charge in [-0.2, -0.15) is 18.3 Å². The maximum Gasteiger partial charge on any atom is 0.390 e. The number of nitrogens with zero attached hydrogens (tertiary/aromatic N) is 2. The van der Waals surface area contributed by atoms with Gasteiger partial charge >= 0.3 is 6.18 Å². The molecule has 0 aromatic carbocycles. The Bertz CT molecular complexity index is 306. The topological polar surface area (TPSA) is 29.9 Å². The van der Waals surface area contributed by atoms with E-state index in [9.17, 15) is 13.2 Å². The second kappa shape index (κ2) is 4.65. The van der Waals surface area contributed by atoms with Crippen molar-refractivity contribution in [1.82, 2.24) is 15.1 Å². The lowest BCUT2D eigenvalue weighted by Crippen LogP contribution is -2.24. The molecule has 0 saturated heterocycles. The number of aromatic nitrogens is 2. The fraction of sp³-hybridized carbons (Fsp3) is 0.667. The van der Waals surface area contributed by atoms with Gasteiger partial charge in [0, 0.05) is 31.4 Å². The molecule has 1 rings (SSSR count). The van der Waals surface area contributed by atoms with Gasteiger partial charge in [0.15, 0.2) is 0 Å². The van der Waals surface area contributed by atoms with Crippen molar-refractivity contribution in [3.63, 3.8) is 0 Å². The van der Waals surface area contributed by atoms with E-state index in [0.717, 1.165) is 5.56 Å². The average molecular weight is 221 g/mol. The zero-order valence-corrected chi connectivity index (χ0v) is 8.67. The van der Waals surface area contributed by atoms with Gasteiger partial charge in [-0.3, -0.25) is 4.68 Å². The molecule has 6 heteroatoms. The van der Waals surface area contributed by atoms with Crippen LogP contribution in [0.5, 0.6) is 0 Å². The van der Waals surface area contributed by atoms with Gasteiger partial charge in [-0.1, -0.05) is 0 Å². The van der Waals surface area contributed by atoms with Crippen LogP contribution in [0.25, 0.3) is 0 Å². The van der Waals surface area contributed by atoms with Crippen molar-refractivity contribution in [1.29, 1.82) is 0 Å². The SMILES string of the molecule is CC(NCCC(F)(F)F)c1cnn(C)c1. The quantitative estimate of drug-likeness (QED) is 0.843. The smallest absolute Gasteiger partial charge is 0.310 e. The summed E-state index contributed by atoms with van der Waals surface area (Å²) in [5.41, 5.74) is 0.889. The summed E-state index contributed by atoms with van der Waals surface area (Å²) in [5, 5.41) is 6.74. The molecule has 0 aliphatic carbocycles. The van der Waals surface area contributed by atoms with E-state index < -0.39 is 12.6 Å². The summed E-state index contributed by atoms with van der Waals surface area (Å²) < 4.78 is 37.2. The van der Waals surface area contributed by atoms with Crippen LogP contribution in [-0.4, -0.2) is 22.5 Å². The molecular weight excluding hydrogens is 207 g/mol. The molecule has 1 N–H and O–H groups in total. The Balaban J connectivity index is 2.34. The van der Waals surface area contributed by atoms with Crippen LogP contribution in [0.4, 0.5) is 13.2 Å². The number of alkyl halides is 3. The van der Waals surface area contributed by atoms with Crippen molar-refractivity contribution in [2.24, 2.45) is 7.05 Å². The number of rotatable bonds is 4. The number of nitrogens with one attached hydrogen (secondary N) is 1. The summed E-state index contributed by atoms with van der Waals surface area (Å²) in [6.45, 7) is 1.74. The Kier molecular flexibility index (Phi) is 3.73. The third kappa shape index (κ3) is 4.33. The van der Waals surface area contributed by atoms with E-state index in [1.807, 2.05) is 6.92 Å². The molecule has 1 aromatic rings. The molecule has 86 valence electrons. The van der Waals surface area contributed by atoms with Gasteiger partial charge in [0.2, 0.25) is 0 Å². The maximum absolute atomic E-state index is 11.9. The Morgan fingerprint density at radius 2 is 2.20 bits per heavy atom. The fourth-order valence-corrected chi connectivity index (χ4v) is 1.21. The largest absolute Gasteiger partial charge is 0.390 e. The van der Waals surface area contributed by atoms with Crippen molar-refractivity contribution >= 4 is 0 Å². The number of hydrogen-bond acceptors (Lipinski definition) is 2. The molecule has 0 radical (unpaired) electrons. The van der Waals surface area contributed by atoms with Crippen LogP contribution in [0.3, 0.4) is 0 Å². The Morgan fingerprint density at radius 1 is 1.53 bits per heavy atom. The summed E-state index contributed by atoms with van der Waals surface area (Å²) >= 11 is 0. The minimum atomic E-state index is -4.10. The highest BCUT2D eigenvalue weighted by atomic mass is 19.4. The van der Waals surface area contributed by atoms with E-state index in [0.29, 0.717) is 0 Å². The molecule has 0 aliphatic heterocycles. The molecule has 1 heterocycles. The van der Waals surface area contributed by atoms with Gasteiger partial charge in [0.25, 0.3) is 0 Å². The molecule has 1 atom stereocenters. The van der Waals surface area contributed by atoms with Gasteiger partial charge in [0.05, 0.1) is 12.6 Å². The Morgan fingerprint density at radius 3 is 2.67 bits per heavy atom. The summed E-state index contributed by atoms with van der Waals surface area (Å²) in [4.78, 5) is 0. The lowest BCUT2D eigenvalue weighted by atomic mass is 10.2. The third-order valence-electron chi connectivity index (χ3n) is 2.08. The highest BCUT2D eigenvalue weighted by Crippen LogP contribution is 2.19. The van der Waals surface area contributed by atoms with Crippen LogP contribution < -0.4 is 5.32 Å². The van der Waals surface area contributed by atoms with Crippen LogP contribution >= 0.6 is 0 Å². The predicted octanol–water partition coefficient (Wildman–Crippen LogP) is 2.02. The molecule has 0 bridgehead atoms. The predicted molar refractivity (Wildman–Crippen MR) is 50.3 cm³/mol. The van der Waals surface area contributed by atoms with Crippen molar-refractivity contribution in [3.8, 4) is 0 Å². The molecule has 1 aromatic heterocycles. The molecule has 0 saturated carbocycles. The first-order valence-corrected chi connectivity index (χ1v) is 4.67. The van der Waals surface area contributed by atoms with Crippen LogP contribution in [0.2, 0.25) is 0 Å². The van der Waals surface area contributed by atoms with Gasteiger partial charge < -0.3 is 5.32 Å². The van der Waals surface area contributed by atoms with Gasteiger partial charge in [-0.05, 0) is 6.92 Å². The first kappa shape index (κ1) is 12.0. The van der Waals surface area contributed by atoms with Crippen molar-refractivity contribution in [3.05, 3.63) is 18.0 Å². The van der Waals surface area contributed by atoms with E-state index in [4.69, 9.17) is 0 Å². The molecule has 0 spiro atoms. The second-order valence-corrected chi connectivity index (χ2v) is 3.49. The van der Waals surface area contributed by atoms with Gasteiger partial charge in [0.1, 0.15) is 0 Å². The summed E-state index contributed by atoms with van der Waals surface area (Å²) in [5.74, 6) is 0. The van der Waals surface area contributed by atoms with Crippen LogP contribution in [0, 0.1) is 0 Å². The minimum Gasteiger partial charge on any atom is -0.310 e. The average Bonchev–Trinajstić information content (AvgIpc) is 2.49. The summed E-state index contributed by atoms with van der Waals surface area (Å²) in [6, 6.07) is -0.110. The zero-order chi connectivity index (χ0) is 11.5.